The molecule has 10 heavy (non-hydrogen) atoms. The Labute approximate surface area is 68.9 Å². The second kappa shape index (κ2) is 2.82. The molecule has 0 saturated carbocycles. The van der Waals surface area contributed by atoms with Crippen LogP contribution in [0.5, 0.6) is 0 Å². The van der Waals surface area contributed by atoms with Crippen LogP contribution in [-0.2, 0) is 0 Å². The van der Waals surface area contributed by atoms with Crippen molar-refractivity contribution in [3.8, 4) is 0 Å². The van der Waals surface area contributed by atoms with Crippen molar-refractivity contribution in [3.05, 3.63) is 22.9 Å². The quantitative estimate of drug-likeness (QED) is 0.544. The maximum atomic E-state index is 9.07. The molecule has 2 unspecified atom stereocenters. The number of nitrogens with two attached hydrogens (primary N) is 1. The van der Waals surface area contributed by atoms with Crippen LogP contribution in [0.15, 0.2) is 22.9 Å². The van der Waals surface area contributed by atoms with E-state index in [-0.39, 0.29) is 0 Å². The van der Waals surface area contributed by atoms with Gasteiger partial charge < -0.3 is 10.8 Å². The number of hydrogen-bond donors (Lipinski definition) is 2. The highest BCUT2D eigenvalue weighted by Crippen LogP contribution is 2.22. The Morgan fingerprint density at radius 3 is 2.70 bits per heavy atom. The lowest BCUT2D eigenvalue weighted by atomic mass is 10.1. The molecule has 3 N–H and O–H groups in total. The van der Waals surface area contributed by atoms with Crippen molar-refractivity contribution < 1.29 is 5.11 Å². The van der Waals surface area contributed by atoms with Gasteiger partial charge in [0.1, 0.15) is 5.38 Å². The van der Waals surface area contributed by atoms with E-state index in [1.165, 1.54) is 6.08 Å². The summed E-state index contributed by atoms with van der Waals surface area (Å²) in [7, 11) is 0. The molecule has 0 aromatic heterocycles. The number of alkyl halides is 1. The number of aliphatic hydroxyl groups is 1. The number of rotatable bonds is 0. The molecule has 0 fully saturated rings. The molecule has 0 aromatic rings. The average Bonchev–Trinajstić information content (AvgIpc) is 1.93. The normalized spacial score (nSPS) is 33.1. The van der Waals surface area contributed by atoms with Crippen LogP contribution in [-0.4, -0.2) is 16.6 Å². The minimum atomic E-state index is -0.718. The maximum absolute atomic E-state index is 9.07. The smallest absolute Gasteiger partial charge is 0.104 e. The summed E-state index contributed by atoms with van der Waals surface area (Å²) in [6.45, 7) is 0. The van der Waals surface area contributed by atoms with Gasteiger partial charge in [0.25, 0.3) is 0 Å². The molecule has 0 amide bonds. The van der Waals surface area contributed by atoms with Gasteiger partial charge in [-0.05, 0) is 6.08 Å². The molecule has 0 aromatic carbocycles. The zero-order chi connectivity index (χ0) is 7.72. The van der Waals surface area contributed by atoms with Gasteiger partial charge in [0.15, 0.2) is 0 Å². The van der Waals surface area contributed by atoms with Crippen LogP contribution in [0.3, 0.4) is 0 Å². The Bertz CT molecular complexity index is 200. The van der Waals surface area contributed by atoms with Crippen molar-refractivity contribution in [1.82, 2.24) is 0 Å². The fourth-order valence-electron chi connectivity index (χ4n) is 0.693. The van der Waals surface area contributed by atoms with Crippen molar-refractivity contribution in [1.29, 1.82) is 0 Å². The lowest BCUT2D eigenvalue weighted by Gasteiger charge is -2.18. The molecule has 0 spiro atoms. The van der Waals surface area contributed by atoms with Gasteiger partial charge in [-0.1, -0.05) is 17.7 Å². The second-order valence-electron chi connectivity index (χ2n) is 2.05. The Morgan fingerprint density at radius 1 is 1.60 bits per heavy atom. The van der Waals surface area contributed by atoms with Crippen LogP contribution in [0.2, 0.25) is 0 Å². The van der Waals surface area contributed by atoms with Gasteiger partial charge in [0.2, 0.25) is 0 Å². The molecule has 0 bridgehead atoms. The number of allylic oxidation sites excluding steroid dienone is 2. The van der Waals surface area contributed by atoms with Gasteiger partial charge in [0.05, 0.1) is 11.1 Å². The number of halogens is 2. The zero-order valence-electron chi connectivity index (χ0n) is 5.09. The summed E-state index contributed by atoms with van der Waals surface area (Å²) in [5.41, 5.74) is 5.75. The molecule has 0 heterocycles. The van der Waals surface area contributed by atoms with Crippen LogP contribution in [0.25, 0.3) is 0 Å². The molecule has 0 aliphatic heterocycles. The Kier molecular flexibility index (Phi) is 2.24. The standard InChI is InChI=1S/C6H7Cl2NO/c7-3-1-2-4(10)5(8)6(3)9/h1-2,4-5,10H,9H2. The number of aliphatic hydroxyl groups excluding tert-OH is 1. The Balaban J connectivity index is 2.88. The van der Waals surface area contributed by atoms with E-state index in [0.29, 0.717) is 10.7 Å². The van der Waals surface area contributed by atoms with Gasteiger partial charge in [-0.15, -0.1) is 11.6 Å². The average molecular weight is 180 g/mol. The third-order valence-corrected chi connectivity index (χ3v) is 2.15. The van der Waals surface area contributed by atoms with Crippen molar-refractivity contribution in [2.45, 2.75) is 11.5 Å². The Hall–Kier alpha value is -0.180. The maximum Gasteiger partial charge on any atom is 0.104 e. The van der Waals surface area contributed by atoms with E-state index in [9.17, 15) is 0 Å². The van der Waals surface area contributed by atoms with Gasteiger partial charge in [-0.3, -0.25) is 0 Å². The van der Waals surface area contributed by atoms with Crippen LogP contribution in [0.4, 0.5) is 0 Å². The summed E-state index contributed by atoms with van der Waals surface area (Å²) in [5, 5.41) is 8.90. The summed E-state index contributed by atoms with van der Waals surface area (Å²) < 4.78 is 0. The molecule has 1 aliphatic carbocycles. The molecule has 4 heteroatoms. The summed E-state index contributed by atoms with van der Waals surface area (Å²) in [6, 6.07) is 0. The van der Waals surface area contributed by atoms with Gasteiger partial charge >= 0.3 is 0 Å². The van der Waals surface area contributed by atoms with E-state index in [2.05, 4.69) is 0 Å². The van der Waals surface area contributed by atoms with Crippen LogP contribution >= 0.6 is 23.2 Å². The molecular weight excluding hydrogens is 173 g/mol. The van der Waals surface area contributed by atoms with Crippen molar-refractivity contribution in [2.24, 2.45) is 5.73 Å². The minimum absolute atomic E-state index is 0.332. The lowest BCUT2D eigenvalue weighted by Crippen LogP contribution is -2.27. The third-order valence-electron chi connectivity index (χ3n) is 1.31. The van der Waals surface area contributed by atoms with Crippen molar-refractivity contribution in [2.75, 3.05) is 0 Å². The van der Waals surface area contributed by atoms with E-state index in [1.807, 2.05) is 0 Å². The second-order valence-corrected chi connectivity index (χ2v) is 2.93. The van der Waals surface area contributed by atoms with Crippen molar-refractivity contribution >= 4 is 23.2 Å². The highest BCUT2D eigenvalue weighted by molar-refractivity contribution is 6.33. The monoisotopic (exact) mass is 179 g/mol. The first-order valence-corrected chi connectivity index (χ1v) is 3.60. The lowest BCUT2D eigenvalue weighted by molar-refractivity contribution is 0.224. The molecule has 56 valence electrons. The van der Waals surface area contributed by atoms with E-state index in [4.69, 9.17) is 34.0 Å². The molecule has 0 saturated heterocycles. The molecule has 0 radical (unpaired) electrons. The summed E-state index contributed by atoms with van der Waals surface area (Å²) in [4.78, 5) is 0. The van der Waals surface area contributed by atoms with Crippen molar-refractivity contribution in [3.63, 3.8) is 0 Å². The molecule has 1 aliphatic rings. The summed E-state index contributed by atoms with van der Waals surface area (Å²) >= 11 is 11.2. The molecule has 1 rings (SSSR count). The van der Waals surface area contributed by atoms with Gasteiger partial charge in [-0.2, -0.15) is 0 Å². The third kappa shape index (κ3) is 1.29. The molecule has 2 atom stereocenters. The highest BCUT2D eigenvalue weighted by atomic mass is 35.5. The summed E-state index contributed by atoms with van der Waals surface area (Å²) in [6.07, 6.45) is 2.33. The summed E-state index contributed by atoms with van der Waals surface area (Å²) in [5.74, 6) is 0. The predicted molar refractivity (Wildman–Crippen MR) is 41.9 cm³/mol. The van der Waals surface area contributed by atoms with Gasteiger partial charge in [-0.25, -0.2) is 0 Å². The van der Waals surface area contributed by atoms with E-state index in [1.54, 1.807) is 6.08 Å². The first-order chi connectivity index (χ1) is 4.63. The SMILES string of the molecule is NC1=C(Cl)C=CC(O)C1Cl. The minimum Gasteiger partial charge on any atom is -0.400 e. The van der Waals surface area contributed by atoms with E-state index in [0.717, 1.165) is 0 Å². The van der Waals surface area contributed by atoms with Gasteiger partial charge in [0, 0.05) is 5.70 Å². The van der Waals surface area contributed by atoms with E-state index >= 15 is 0 Å². The predicted octanol–water partition coefficient (Wildman–Crippen LogP) is 0.934. The first-order valence-electron chi connectivity index (χ1n) is 2.78. The molecule has 2 nitrogen and oxygen atoms in total. The fraction of sp³-hybridized carbons (Fsp3) is 0.333. The highest BCUT2D eigenvalue weighted by Gasteiger charge is 2.21. The van der Waals surface area contributed by atoms with E-state index < -0.39 is 11.5 Å². The largest absolute Gasteiger partial charge is 0.400 e. The van der Waals surface area contributed by atoms with Crippen LogP contribution in [0, 0.1) is 0 Å². The zero-order valence-corrected chi connectivity index (χ0v) is 6.60. The topological polar surface area (TPSA) is 46.2 Å². The fourth-order valence-corrected chi connectivity index (χ4v) is 1.14. The van der Waals surface area contributed by atoms with Crippen LogP contribution in [0.1, 0.15) is 0 Å². The van der Waals surface area contributed by atoms with Crippen LogP contribution < -0.4 is 5.73 Å². The molecular formula is C6H7Cl2NO. The number of hydrogen-bond acceptors (Lipinski definition) is 2. The first kappa shape index (κ1) is 7.92. The Morgan fingerprint density at radius 2 is 2.20 bits per heavy atom.